The standard InChI is InChI=1S/C17H11F2N3O/c18-17(19)23-15-6-4-12-13(9-21-16(12)22-15)10-3-5-14-11(8-10)2-1-7-20-14/h1-9,17H,(H,21,22). The molecule has 0 radical (unpaired) electrons. The topological polar surface area (TPSA) is 50.8 Å². The Kier molecular flexibility index (Phi) is 3.15. The number of rotatable bonds is 3. The maximum Gasteiger partial charge on any atom is 0.388 e. The second kappa shape index (κ2) is 5.31. The van der Waals surface area contributed by atoms with Crippen LogP contribution in [0.3, 0.4) is 0 Å². The molecule has 1 aromatic carbocycles. The first kappa shape index (κ1) is 13.6. The number of nitrogens with one attached hydrogen (secondary N) is 1. The van der Waals surface area contributed by atoms with E-state index < -0.39 is 6.61 Å². The first-order chi connectivity index (χ1) is 11.2. The molecule has 4 rings (SSSR count). The molecule has 3 aromatic heterocycles. The zero-order chi connectivity index (χ0) is 15.8. The fourth-order valence-corrected chi connectivity index (χ4v) is 2.63. The van der Waals surface area contributed by atoms with Crippen molar-refractivity contribution in [3.05, 3.63) is 54.9 Å². The van der Waals surface area contributed by atoms with Gasteiger partial charge in [0.25, 0.3) is 0 Å². The summed E-state index contributed by atoms with van der Waals surface area (Å²) < 4.78 is 28.8. The molecule has 0 aliphatic heterocycles. The molecule has 0 saturated carbocycles. The van der Waals surface area contributed by atoms with Crippen molar-refractivity contribution in [2.24, 2.45) is 0 Å². The van der Waals surface area contributed by atoms with Gasteiger partial charge in [0.2, 0.25) is 5.88 Å². The predicted molar refractivity (Wildman–Crippen MR) is 83.5 cm³/mol. The van der Waals surface area contributed by atoms with Gasteiger partial charge in [0, 0.05) is 34.8 Å². The second-order valence-corrected chi connectivity index (χ2v) is 5.04. The summed E-state index contributed by atoms with van der Waals surface area (Å²) in [5.41, 5.74) is 3.37. The summed E-state index contributed by atoms with van der Waals surface area (Å²) in [5, 5.41) is 1.87. The van der Waals surface area contributed by atoms with E-state index in [-0.39, 0.29) is 5.88 Å². The number of pyridine rings is 2. The van der Waals surface area contributed by atoms with Crippen LogP contribution in [0.5, 0.6) is 5.88 Å². The average molecular weight is 311 g/mol. The number of alkyl halides is 2. The van der Waals surface area contributed by atoms with Gasteiger partial charge in [-0.1, -0.05) is 12.1 Å². The summed E-state index contributed by atoms with van der Waals surface area (Å²) in [6.45, 7) is -2.89. The van der Waals surface area contributed by atoms with Crippen LogP contribution in [0.2, 0.25) is 0 Å². The summed E-state index contributed by atoms with van der Waals surface area (Å²) in [6.07, 6.45) is 3.56. The molecule has 0 atom stereocenters. The van der Waals surface area contributed by atoms with Crippen LogP contribution in [0.25, 0.3) is 33.1 Å². The summed E-state index contributed by atoms with van der Waals surface area (Å²) in [7, 11) is 0. The van der Waals surface area contributed by atoms with Crippen molar-refractivity contribution in [3.63, 3.8) is 0 Å². The van der Waals surface area contributed by atoms with Gasteiger partial charge in [-0.15, -0.1) is 0 Å². The molecule has 0 spiro atoms. The lowest BCUT2D eigenvalue weighted by Gasteiger charge is -2.04. The van der Waals surface area contributed by atoms with Gasteiger partial charge in [-0.25, -0.2) is 0 Å². The Hall–Kier alpha value is -3.02. The number of ether oxygens (including phenoxy) is 1. The van der Waals surface area contributed by atoms with E-state index in [0.29, 0.717) is 5.65 Å². The van der Waals surface area contributed by atoms with E-state index in [2.05, 4.69) is 19.7 Å². The smallest absolute Gasteiger partial charge is 0.388 e. The molecule has 0 saturated heterocycles. The molecule has 6 heteroatoms. The molecule has 0 bridgehead atoms. The molecule has 0 aliphatic rings. The third-order valence-corrected chi connectivity index (χ3v) is 3.64. The Morgan fingerprint density at radius 2 is 2.00 bits per heavy atom. The lowest BCUT2D eigenvalue weighted by atomic mass is 10.0. The van der Waals surface area contributed by atoms with E-state index in [1.165, 1.54) is 6.07 Å². The van der Waals surface area contributed by atoms with Gasteiger partial charge in [-0.3, -0.25) is 4.98 Å². The number of hydrogen-bond donors (Lipinski definition) is 1. The predicted octanol–water partition coefficient (Wildman–Crippen LogP) is 4.38. The van der Waals surface area contributed by atoms with Gasteiger partial charge in [0.05, 0.1) is 5.52 Å². The number of fused-ring (bicyclic) bond motifs is 2. The highest BCUT2D eigenvalue weighted by atomic mass is 19.3. The van der Waals surface area contributed by atoms with Gasteiger partial charge >= 0.3 is 6.61 Å². The first-order valence-electron chi connectivity index (χ1n) is 6.99. The Morgan fingerprint density at radius 3 is 2.87 bits per heavy atom. The summed E-state index contributed by atoms with van der Waals surface area (Å²) in [6, 6.07) is 13.0. The van der Waals surface area contributed by atoms with Crippen molar-refractivity contribution >= 4 is 21.9 Å². The number of hydrogen-bond acceptors (Lipinski definition) is 3. The number of halogens is 2. The maximum absolute atomic E-state index is 12.3. The highest BCUT2D eigenvalue weighted by Crippen LogP contribution is 2.30. The number of H-pyrrole nitrogens is 1. The molecule has 4 aromatic rings. The number of benzene rings is 1. The van der Waals surface area contributed by atoms with Crippen LogP contribution in [-0.4, -0.2) is 21.6 Å². The van der Waals surface area contributed by atoms with Crippen molar-refractivity contribution in [1.29, 1.82) is 0 Å². The fourth-order valence-electron chi connectivity index (χ4n) is 2.63. The molecule has 23 heavy (non-hydrogen) atoms. The molecule has 3 heterocycles. The second-order valence-electron chi connectivity index (χ2n) is 5.04. The highest BCUT2D eigenvalue weighted by molar-refractivity contribution is 5.96. The Balaban J connectivity index is 1.81. The molecule has 0 fully saturated rings. The fraction of sp³-hybridized carbons (Fsp3) is 0.0588. The molecule has 0 unspecified atom stereocenters. The molecule has 0 aliphatic carbocycles. The van der Waals surface area contributed by atoms with Crippen LogP contribution in [0, 0.1) is 0 Å². The van der Waals surface area contributed by atoms with Gasteiger partial charge in [0.15, 0.2) is 0 Å². The van der Waals surface area contributed by atoms with E-state index in [4.69, 9.17) is 0 Å². The SMILES string of the molecule is FC(F)Oc1ccc2c(-c3ccc4ncccc4c3)c[nH]c2n1. The van der Waals surface area contributed by atoms with E-state index in [1.54, 1.807) is 18.5 Å². The third-order valence-electron chi connectivity index (χ3n) is 3.64. The summed E-state index contributed by atoms with van der Waals surface area (Å²) in [5.74, 6) is -0.108. The van der Waals surface area contributed by atoms with Gasteiger partial charge in [0.1, 0.15) is 5.65 Å². The molecule has 1 N–H and O–H groups in total. The monoisotopic (exact) mass is 311 g/mol. The lowest BCUT2D eigenvalue weighted by molar-refractivity contribution is -0.0526. The van der Waals surface area contributed by atoms with Crippen LogP contribution >= 0.6 is 0 Å². The van der Waals surface area contributed by atoms with Crippen LogP contribution in [-0.2, 0) is 0 Å². The number of nitrogens with zero attached hydrogens (tertiary/aromatic N) is 2. The zero-order valence-electron chi connectivity index (χ0n) is 11.8. The van der Waals surface area contributed by atoms with Gasteiger partial charge < -0.3 is 9.72 Å². The molecule has 114 valence electrons. The minimum atomic E-state index is -2.89. The van der Waals surface area contributed by atoms with Crippen molar-refractivity contribution in [2.75, 3.05) is 0 Å². The van der Waals surface area contributed by atoms with Crippen molar-refractivity contribution in [1.82, 2.24) is 15.0 Å². The minimum Gasteiger partial charge on any atom is -0.417 e. The van der Waals surface area contributed by atoms with E-state index in [9.17, 15) is 8.78 Å². The largest absolute Gasteiger partial charge is 0.417 e. The Labute approximate surface area is 129 Å². The van der Waals surface area contributed by atoms with E-state index in [0.717, 1.165) is 27.4 Å². The first-order valence-corrected chi connectivity index (χ1v) is 6.99. The molecular formula is C17H11F2N3O. The van der Waals surface area contributed by atoms with Gasteiger partial charge in [-0.05, 0) is 29.8 Å². The van der Waals surface area contributed by atoms with Crippen LogP contribution < -0.4 is 4.74 Å². The van der Waals surface area contributed by atoms with Crippen molar-refractivity contribution in [2.45, 2.75) is 6.61 Å². The van der Waals surface area contributed by atoms with Gasteiger partial charge in [-0.2, -0.15) is 13.8 Å². The average Bonchev–Trinajstić information content (AvgIpc) is 2.97. The Morgan fingerprint density at radius 1 is 1.09 bits per heavy atom. The maximum atomic E-state index is 12.3. The van der Waals surface area contributed by atoms with Crippen LogP contribution in [0.4, 0.5) is 8.78 Å². The van der Waals surface area contributed by atoms with E-state index in [1.807, 2.05) is 30.3 Å². The summed E-state index contributed by atoms with van der Waals surface area (Å²) >= 11 is 0. The molecule has 0 amide bonds. The zero-order valence-corrected chi connectivity index (χ0v) is 11.8. The lowest BCUT2D eigenvalue weighted by Crippen LogP contribution is -2.03. The summed E-state index contributed by atoms with van der Waals surface area (Å²) in [4.78, 5) is 11.3. The number of aromatic nitrogens is 3. The molecular weight excluding hydrogens is 300 g/mol. The highest BCUT2D eigenvalue weighted by Gasteiger charge is 2.11. The quantitative estimate of drug-likeness (QED) is 0.611. The van der Waals surface area contributed by atoms with Crippen molar-refractivity contribution < 1.29 is 13.5 Å². The third kappa shape index (κ3) is 2.48. The van der Waals surface area contributed by atoms with Crippen LogP contribution in [0.15, 0.2) is 54.9 Å². The Bertz CT molecular complexity index is 997. The van der Waals surface area contributed by atoms with Crippen LogP contribution in [0.1, 0.15) is 0 Å². The normalized spacial score (nSPS) is 11.4. The molecule has 4 nitrogen and oxygen atoms in total. The van der Waals surface area contributed by atoms with E-state index >= 15 is 0 Å². The number of aromatic amines is 1. The van der Waals surface area contributed by atoms with Crippen molar-refractivity contribution in [3.8, 4) is 17.0 Å². The minimum absolute atomic E-state index is 0.108.